The zero-order valence-electron chi connectivity index (χ0n) is 13.7. The van der Waals surface area contributed by atoms with E-state index in [0.29, 0.717) is 23.4 Å². The standard InChI is InChI=1S/C18H18ClNO5S/c19-15-3-5-16(6-4-15)26(24,25)20-10-11-7-12-1-2-13(9-14(12)8-11)17(21)18(22)23/h1-6,9,11,17,20-21H,7-8,10H2,(H,22,23). The molecule has 2 unspecified atom stereocenters. The predicted octanol–water partition coefficient (Wildman–Crippen LogP) is 2.15. The third kappa shape index (κ3) is 4.07. The van der Waals surface area contributed by atoms with Crippen molar-refractivity contribution in [3.8, 4) is 0 Å². The number of aliphatic carboxylic acids is 1. The molecule has 2 atom stereocenters. The summed E-state index contributed by atoms with van der Waals surface area (Å²) in [7, 11) is -3.61. The van der Waals surface area contributed by atoms with Crippen LogP contribution in [0.5, 0.6) is 0 Å². The molecule has 0 aromatic heterocycles. The molecule has 0 aliphatic heterocycles. The fraction of sp³-hybridized carbons (Fsp3) is 0.278. The predicted molar refractivity (Wildman–Crippen MR) is 96.6 cm³/mol. The Kier molecular flexibility index (Phi) is 5.34. The summed E-state index contributed by atoms with van der Waals surface area (Å²) >= 11 is 5.78. The van der Waals surface area contributed by atoms with Crippen molar-refractivity contribution in [2.24, 2.45) is 5.92 Å². The molecule has 1 aliphatic rings. The highest BCUT2D eigenvalue weighted by molar-refractivity contribution is 7.89. The number of aliphatic hydroxyl groups excluding tert-OH is 1. The van der Waals surface area contributed by atoms with Gasteiger partial charge in [0.25, 0.3) is 0 Å². The van der Waals surface area contributed by atoms with E-state index in [0.717, 1.165) is 11.1 Å². The summed E-state index contributed by atoms with van der Waals surface area (Å²) in [5, 5.41) is 19.0. The normalized spacial score (nSPS) is 17.7. The van der Waals surface area contributed by atoms with E-state index in [9.17, 15) is 18.3 Å². The van der Waals surface area contributed by atoms with Crippen LogP contribution in [-0.2, 0) is 27.7 Å². The van der Waals surface area contributed by atoms with Crippen LogP contribution in [-0.4, -0.2) is 31.1 Å². The van der Waals surface area contributed by atoms with Crippen molar-refractivity contribution >= 4 is 27.6 Å². The number of nitrogens with one attached hydrogen (secondary N) is 1. The number of hydrogen-bond donors (Lipinski definition) is 3. The van der Waals surface area contributed by atoms with Crippen LogP contribution in [0.3, 0.4) is 0 Å². The summed E-state index contributed by atoms with van der Waals surface area (Å²) in [6.07, 6.45) is -0.233. The highest BCUT2D eigenvalue weighted by Crippen LogP contribution is 2.29. The van der Waals surface area contributed by atoms with Gasteiger partial charge in [-0.05, 0) is 59.7 Å². The lowest BCUT2D eigenvalue weighted by Gasteiger charge is -2.11. The van der Waals surface area contributed by atoms with Gasteiger partial charge in [0.1, 0.15) is 0 Å². The van der Waals surface area contributed by atoms with E-state index in [1.165, 1.54) is 24.3 Å². The minimum atomic E-state index is -3.61. The number of rotatable bonds is 6. The van der Waals surface area contributed by atoms with Gasteiger partial charge in [0.2, 0.25) is 10.0 Å². The topological polar surface area (TPSA) is 104 Å². The summed E-state index contributed by atoms with van der Waals surface area (Å²) in [5.41, 5.74) is 2.32. The van der Waals surface area contributed by atoms with Gasteiger partial charge in [-0.3, -0.25) is 0 Å². The van der Waals surface area contributed by atoms with Crippen LogP contribution < -0.4 is 4.72 Å². The summed E-state index contributed by atoms with van der Waals surface area (Å²) in [6, 6.07) is 11.0. The molecule has 1 aliphatic carbocycles. The molecule has 8 heteroatoms. The largest absolute Gasteiger partial charge is 0.479 e. The van der Waals surface area contributed by atoms with E-state index in [1.807, 2.05) is 0 Å². The van der Waals surface area contributed by atoms with Crippen LogP contribution in [0.15, 0.2) is 47.4 Å². The quantitative estimate of drug-likeness (QED) is 0.695. The zero-order valence-corrected chi connectivity index (χ0v) is 15.3. The van der Waals surface area contributed by atoms with Crippen molar-refractivity contribution in [3.05, 3.63) is 64.2 Å². The average Bonchev–Trinajstić information content (AvgIpc) is 3.02. The number of carbonyl (C=O) groups is 1. The monoisotopic (exact) mass is 395 g/mol. The highest BCUT2D eigenvalue weighted by Gasteiger charge is 2.25. The fourth-order valence-electron chi connectivity index (χ4n) is 3.11. The van der Waals surface area contributed by atoms with Crippen LogP contribution in [0, 0.1) is 5.92 Å². The Morgan fingerprint density at radius 3 is 2.46 bits per heavy atom. The molecule has 0 saturated carbocycles. The third-order valence-electron chi connectivity index (χ3n) is 4.48. The van der Waals surface area contributed by atoms with Crippen molar-refractivity contribution in [2.45, 2.75) is 23.8 Å². The first kappa shape index (κ1) is 18.8. The van der Waals surface area contributed by atoms with Gasteiger partial charge in [0, 0.05) is 11.6 Å². The van der Waals surface area contributed by atoms with Gasteiger partial charge in [-0.15, -0.1) is 0 Å². The number of fused-ring (bicyclic) bond motifs is 1. The minimum Gasteiger partial charge on any atom is -0.479 e. The van der Waals surface area contributed by atoms with Gasteiger partial charge >= 0.3 is 5.97 Å². The zero-order chi connectivity index (χ0) is 18.9. The Morgan fingerprint density at radius 1 is 1.15 bits per heavy atom. The maximum atomic E-state index is 12.3. The molecule has 0 saturated heterocycles. The van der Waals surface area contributed by atoms with Gasteiger partial charge < -0.3 is 10.2 Å². The number of carboxylic acid groups (broad SMARTS) is 1. The van der Waals surface area contributed by atoms with E-state index < -0.39 is 22.1 Å². The smallest absolute Gasteiger partial charge is 0.337 e. The number of hydrogen-bond acceptors (Lipinski definition) is 4. The molecule has 0 amide bonds. The van der Waals surface area contributed by atoms with Crippen molar-refractivity contribution in [2.75, 3.05) is 6.54 Å². The van der Waals surface area contributed by atoms with E-state index in [-0.39, 0.29) is 17.4 Å². The Morgan fingerprint density at radius 2 is 1.81 bits per heavy atom. The summed E-state index contributed by atoms with van der Waals surface area (Å²) in [6.45, 7) is 0.274. The van der Waals surface area contributed by atoms with Gasteiger partial charge in [-0.2, -0.15) is 0 Å². The molecule has 0 spiro atoms. The van der Waals surface area contributed by atoms with E-state index in [4.69, 9.17) is 16.7 Å². The SMILES string of the molecule is O=C(O)C(O)c1ccc2c(c1)CC(CNS(=O)(=O)c1ccc(Cl)cc1)C2. The lowest BCUT2D eigenvalue weighted by Crippen LogP contribution is -2.29. The van der Waals surface area contributed by atoms with Gasteiger partial charge in [0.15, 0.2) is 6.10 Å². The molecule has 2 aromatic carbocycles. The highest BCUT2D eigenvalue weighted by atomic mass is 35.5. The third-order valence-corrected chi connectivity index (χ3v) is 6.17. The minimum absolute atomic E-state index is 0.0734. The summed E-state index contributed by atoms with van der Waals surface area (Å²) in [4.78, 5) is 11.1. The maximum absolute atomic E-state index is 12.3. The van der Waals surface area contributed by atoms with Crippen molar-refractivity contribution in [3.63, 3.8) is 0 Å². The van der Waals surface area contributed by atoms with E-state index >= 15 is 0 Å². The molecular formula is C18H18ClNO5S. The number of benzene rings is 2. The number of carboxylic acids is 1. The second-order valence-electron chi connectivity index (χ2n) is 6.35. The molecule has 138 valence electrons. The Bertz CT molecular complexity index is 927. The second-order valence-corrected chi connectivity index (χ2v) is 8.55. The van der Waals surface area contributed by atoms with Gasteiger partial charge in [0.05, 0.1) is 4.90 Å². The maximum Gasteiger partial charge on any atom is 0.337 e. The van der Waals surface area contributed by atoms with Crippen LogP contribution in [0.4, 0.5) is 0 Å². The first-order valence-corrected chi connectivity index (χ1v) is 9.90. The van der Waals surface area contributed by atoms with E-state index in [1.54, 1.807) is 18.2 Å². The number of halogens is 1. The van der Waals surface area contributed by atoms with Crippen LogP contribution >= 0.6 is 11.6 Å². The summed E-state index contributed by atoms with van der Waals surface area (Å²) in [5.74, 6) is -1.22. The second kappa shape index (κ2) is 7.36. The molecule has 0 radical (unpaired) electrons. The fourth-order valence-corrected chi connectivity index (χ4v) is 4.35. The number of aliphatic hydroxyl groups is 1. The number of sulfonamides is 1. The molecule has 0 heterocycles. The molecule has 26 heavy (non-hydrogen) atoms. The Labute approximate surface area is 156 Å². The van der Waals surface area contributed by atoms with Crippen LogP contribution in [0.25, 0.3) is 0 Å². The molecular weight excluding hydrogens is 378 g/mol. The lowest BCUT2D eigenvalue weighted by molar-refractivity contribution is -0.146. The average molecular weight is 396 g/mol. The summed E-state index contributed by atoms with van der Waals surface area (Å²) < 4.78 is 27.3. The lowest BCUT2D eigenvalue weighted by atomic mass is 10.0. The van der Waals surface area contributed by atoms with E-state index in [2.05, 4.69) is 4.72 Å². The first-order chi connectivity index (χ1) is 12.3. The Balaban J connectivity index is 1.65. The van der Waals surface area contributed by atoms with Crippen molar-refractivity contribution < 1.29 is 23.4 Å². The first-order valence-electron chi connectivity index (χ1n) is 8.04. The van der Waals surface area contributed by atoms with Gasteiger partial charge in [-0.1, -0.05) is 29.8 Å². The van der Waals surface area contributed by atoms with Crippen molar-refractivity contribution in [1.82, 2.24) is 4.72 Å². The molecule has 2 aromatic rings. The van der Waals surface area contributed by atoms with Gasteiger partial charge in [-0.25, -0.2) is 17.9 Å². The molecule has 0 fully saturated rings. The van der Waals surface area contributed by atoms with Crippen molar-refractivity contribution in [1.29, 1.82) is 0 Å². The van der Waals surface area contributed by atoms with Crippen LogP contribution in [0.1, 0.15) is 22.8 Å². The Hall–Kier alpha value is -1.93. The molecule has 0 bridgehead atoms. The molecule has 3 N–H and O–H groups in total. The molecule has 3 rings (SSSR count). The van der Waals surface area contributed by atoms with Crippen LogP contribution in [0.2, 0.25) is 5.02 Å². The molecule has 6 nitrogen and oxygen atoms in total.